The Morgan fingerprint density at radius 2 is 1.53 bits per heavy atom. The monoisotopic (exact) mass is 444 g/mol. The molecule has 0 fully saturated rings. The molecule has 0 bridgehead atoms. The molecule has 3 aromatic carbocycles. The van der Waals surface area contributed by atoms with Gasteiger partial charge in [0.1, 0.15) is 5.82 Å². The molecular weight excluding hydrogens is 423 g/mol. The highest BCUT2D eigenvalue weighted by Gasteiger charge is 2.10. The van der Waals surface area contributed by atoms with Crippen LogP contribution in [0.25, 0.3) is 10.9 Å². The van der Waals surface area contributed by atoms with Gasteiger partial charge >= 0.3 is 0 Å². The van der Waals surface area contributed by atoms with Gasteiger partial charge < -0.3 is 16.0 Å². The maximum Gasteiger partial charge on any atom is 0.258 e. The SMILES string of the molecule is O=C(Nc1ccc(NC(=S)NCCc2ccc3ccccc3n2)cc1)c1ccccc1F. The van der Waals surface area contributed by atoms with Crippen molar-refractivity contribution in [3.05, 3.63) is 102 Å². The third-order valence-corrected chi connectivity index (χ3v) is 5.09. The molecule has 7 heteroatoms. The second kappa shape index (κ2) is 9.98. The predicted molar refractivity (Wildman–Crippen MR) is 130 cm³/mol. The summed E-state index contributed by atoms with van der Waals surface area (Å²) in [5.74, 6) is -1.05. The van der Waals surface area contributed by atoms with Gasteiger partial charge in [-0.25, -0.2) is 4.39 Å². The summed E-state index contributed by atoms with van der Waals surface area (Å²) in [7, 11) is 0. The van der Waals surface area contributed by atoms with E-state index in [0.29, 0.717) is 17.3 Å². The van der Waals surface area contributed by atoms with Gasteiger partial charge in [-0.1, -0.05) is 36.4 Å². The number of fused-ring (bicyclic) bond motifs is 1. The summed E-state index contributed by atoms with van der Waals surface area (Å²) in [5.41, 5.74) is 3.31. The van der Waals surface area contributed by atoms with E-state index in [-0.39, 0.29) is 5.56 Å². The quantitative estimate of drug-likeness (QED) is 0.359. The Bertz CT molecular complexity index is 1260. The van der Waals surface area contributed by atoms with Crippen LogP contribution >= 0.6 is 12.2 Å². The molecular formula is C25H21FN4OS. The highest BCUT2D eigenvalue weighted by atomic mass is 32.1. The number of hydrogen-bond donors (Lipinski definition) is 3. The first kappa shape index (κ1) is 21.4. The largest absolute Gasteiger partial charge is 0.362 e. The van der Waals surface area contributed by atoms with Crippen LogP contribution in [0.1, 0.15) is 16.1 Å². The number of anilines is 2. The van der Waals surface area contributed by atoms with Crippen LogP contribution < -0.4 is 16.0 Å². The second-order valence-electron chi connectivity index (χ2n) is 7.14. The summed E-state index contributed by atoms with van der Waals surface area (Å²) in [6.45, 7) is 0.647. The van der Waals surface area contributed by atoms with Gasteiger partial charge in [0.05, 0.1) is 11.1 Å². The smallest absolute Gasteiger partial charge is 0.258 e. The molecule has 0 aliphatic heterocycles. The predicted octanol–water partition coefficient (Wildman–Crippen LogP) is 5.16. The van der Waals surface area contributed by atoms with E-state index in [2.05, 4.69) is 27.0 Å². The fourth-order valence-corrected chi connectivity index (χ4v) is 3.43. The number of halogens is 1. The molecule has 160 valence electrons. The Morgan fingerprint density at radius 1 is 0.844 bits per heavy atom. The first-order chi connectivity index (χ1) is 15.6. The van der Waals surface area contributed by atoms with E-state index >= 15 is 0 Å². The number of benzene rings is 3. The third-order valence-electron chi connectivity index (χ3n) is 4.84. The first-order valence-corrected chi connectivity index (χ1v) is 10.5. The zero-order valence-electron chi connectivity index (χ0n) is 17.1. The van der Waals surface area contributed by atoms with Gasteiger partial charge in [-0.15, -0.1) is 0 Å². The van der Waals surface area contributed by atoms with Gasteiger partial charge in [0.25, 0.3) is 5.91 Å². The van der Waals surface area contributed by atoms with E-state index in [1.165, 1.54) is 12.1 Å². The lowest BCUT2D eigenvalue weighted by atomic mass is 10.2. The van der Waals surface area contributed by atoms with Crippen molar-refractivity contribution in [3.63, 3.8) is 0 Å². The van der Waals surface area contributed by atoms with E-state index in [1.807, 2.05) is 30.3 Å². The molecule has 0 radical (unpaired) electrons. The third kappa shape index (κ3) is 5.44. The van der Waals surface area contributed by atoms with E-state index in [1.54, 1.807) is 36.4 Å². The van der Waals surface area contributed by atoms with Crippen molar-refractivity contribution in [2.24, 2.45) is 0 Å². The Morgan fingerprint density at radius 3 is 2.31 bits per heavy atom. The van der Waals surface area contributed by atoms with Crippen molar-refractivity contribution in [2.75, 3.05) is 17.2 Å². The van der Waals surface area contributed by atoms with Crippen molar-refractivity contribution in [1.29, 1.82) is 0 Å². The average Bonchev–Trinajstić information content (AvgIpc) is 2.80. The van der Waals surface area contributed by atoms with Crippen LogP contribution in [0.5, 0.6) is 0 Å². The lowest BCUT2D eigenvalue weighted by Gasteiger charge is -2.12. The van der Waals surface area contributed by atoms with Crippen molar-refractivity contribution in [2.45, 2.75) is 6.42 Å². The number of thiocarbonyl (C=S) groups is 1. The summed E-state index contributed by atoms with van der Waals surface area (Å²) in [6.07, 6.45) is 0.744. The molecule has 1 heterocycles. The summed E-state index contributed by atoms with van der Waals surface area (Å²) < 4.78 is 13.7. The van der Waals surface area contributed by atoms with Crippen LogP contribution in [0.4, 0.5) is 15.8 Å². The Labute approximate surface area is 190 Å². The Kier molecular flexibility index (Phi) is 6.67. The number of carbonyl (C=O) groups excluding carboxylic acids is 1. The molecule has 0 atom stereocenters. The number of pyridine rings is 1. The molecule has 0 aliphatic carbocycles. The van der Waals surface area contributed by atoms with Crippen LogP contribution in [-0.4, -0.2) is 22.5 Å². The average molecular weight is 445 g/mol. The van der Waals surface area contributed by atoms with Crippen molar-refractivity contribution in [3.8, 4) is 0 Å². The van der Waals surface area contributed by atoms with E-state index < -0.39 is 11.7 Å². The minimum absolute atomic E-state index is 0.000910. The number of para-hydroxylation sites is 1. The molecule has 1 amide bonds. The molecule has 0 unspecified atom stereocenters. The van der Waals surface area contributed by atoms with Crippen LogP contribution in [0.3, 0.4) is 0 Å². The maximum atomic E-state index is 13.7. The van der Waals surface area contributed by atoms with Gasteiger partial charge in [-0.2, -0.15) is 0 Å². The Balaban J connectivity index is 1.26. The molecule has 0 saturated heterocycles. The number of hydrogen-bond acceptors (Lipinski definition) is 3. The van der Waals surface area contributed by atoms with Crippen LogP contribution in [-0.2, 0) is 6.42 Å². The molecule has 4 rings (SSSR count). The van der Waals surface area contributed by atoms with E-state index in [0.717, 1.165) is 28.7 Å². The summed E-state index contributed by atoms with van der Waals surface area (Å²) >= 11 is 5.36. The molecule has 1 aromatic heterocycles. The molecule has 0 spiro atoms. The normalized spacial score (nSPS) is 10.5. The minimum Gasteiger partial charge on any atom is -0.362 e. The highest BCUT2D eigenvalue weighted by molar-refractivity contribution is 7.80. The molecule has 32 heavy (non-hydrogen) atoms. The van der Waals surface area contributed by atoms with Crippen LogP contribution in [0.15, 0.2) is 84.9 Å². The Hall–Kier alpha value is -3.84. The number of aromatic nitrogens is 1. The maximum absolute atomic E-state index is 13.7. The number of amides is 1. The molecule has 0 aliphatic rings. The fraction of sp³-hybridized carbons (Fsp3) is 0.0800. The standard InChI is InChI=1S/C25H21FN4OS/c26-22-7-3-2-6-21(22)24(31)29-18-11-13-19(14-12-18)30-25(32)27-16-15-20-10-9-17-5-1-4-8-23(17)28-20/h1-14H,15-16H2,(H,29,31)(H2,27,30,32). The molecule has 5 nitrogen and oxygen atoms in total. The summed E-state index contributed by atoms with van der Waals surface area (Å²) in [4.78, 5) is 16.9. The molecule has 3 N–H and O–H groups in total. The summed E-state index contributed by atoms with van der Waals surface area (Å²) in [6, 6.07) is 25.0. The van der Waals surface area contributed by atoms with Gasteiger partial charge in [-0.3, -0.25) is 9.78 Å². The number of nitrogens with one attached hydrogen (secondary N) is 3. The van der Waals surface area contributed by atoms with Crippen LogP contribution in [0.2, 0.25) is 0 Å². The van der Waals surface area contributed by atoms with Gasteiger partial charge in [0, 0.05) is 35.4 Å². The van der Waals surface area contributed by atoms with Crippen molar-refractivity contribution >= 4 is 45.5 Å². The number of rotatable bonds is 6. The first-order valence-electron chi connectivity index (χ1n) is 10.1. The van der Waals surface area contributed by atoms with Gasteiger partial charge in [-0.05, 0) is 60.7 Å². The number of carbonyl (C=O) groups is 1. The number of nitrogens with zero attached hydrogens (tertiary/aromatic N) is 1. The molecule has 0 saturated carbocycles. The van der Waals surface area contributed by atoms with Crippen LogP contribution in [0, 0.1) is 5.82 Å². The van der Waals surface area contributed by atoms with Crippen molar-refractivity contribution in [1.82, 2.24) is 10.3 Å². The topological polar surface area (TPSA) is 66.1 Å². The van der Waals surface area contributed by atoms with E-state index in [9.17, 15) is 9.18 Å². The lowest BCUT2D eigenvalue weighted by Crippen LogP contribution is -2.30. The fourth-order valence-electron chi connectivity index (χ4n) is 3.21. The zero-order valence-corrected chi connectivity index (χ0v) is 18.0. The highest BCUT2D eigenvalue weighted by Crippen LogP contribution is 2.16. The summed E-state index contributed by atoms with van der Waals surface area (Å²) in [5, 5.41) is 10.6. The second-order valence-corrected chi connectivity index (χ2v) is 7.55. The minimum atomic E-state index is -0.557. The van der Waals surface area contributed by atoms with Gasteiger partial charge in [0.15, 0.2) is 5.11 Å². The molecule has 4 aromatic rings. The van der Waals surface area contributed by atoms with E-state index in [4.69, 9.17) is 12.2 Å². The van der Waals surface area contributed by atoms with Crippen molar-refractivity contribution < 1.29 is 9.18 Å². The zero-order chi connectivity index (χ0) is 22.3. The lowest BCUT2D eigenvalue weighted by molar-refractivity contribution is 0.102. The van der Waals surface area contributed by atoms with Gasteiger partial charge in [0.2, 0.25) is 0 Å².